The van der Waals surface area contributed by atoms with Crippen molar-refractivity contribution >= 4 is 23.4 Å². The number of cyclic esters (lactones) is 1. The van der Waals surface area contributed by atoms with Crippen molar-refractivity contribution in [3.63, 3.8) is 0 Å². The van der Waals surface area contributed by atoms with Gasteiger partial charge in [0.15, 0.2) is 5.69 Å². The largest absolute Gasteiger partial charge is 0.442 e. The van der Waals surface area contributed by atoms with Crippen molar-refractivity contribution in [1.82, 2.24) is 15.1 Å². The lowest BCUT2D eigenvalue weighted by Crippen LogP contribution is -2.33. The Balaban J connectivity index is 1.67. The number of hydrogen-bond donors (Lipinski definition) is 2. The lowest BCUT2D eigenvalue weighted by Gasteiger charge is -2.16. The van der Waals surface area contributed by atoms with E-state index in [-0.39, 0.29) is 42.4 Å². The van der Waals surface area contributed by atoms with Gasteiger partial charge in [0.2, 0.25) is 5.91 Å². The number of benzene rings is 1. The van der Waals surface area contributed by atoms with Gasteiger partial charge < -0.3 is 15.5 Å². The highest BCUT2D eigenvalue weighted by Crippen LogP contribution is 2.29. The van der Waals surface area contributed by atoms with E-state index in [1.54, 1.807) is 6.92 Å². The first-order chi connectivity index (χ1) is 15.0. The van der Waals surface area contributed by atoms with Crippen molar-refractivity contribution < 1.29 is 31.9 Å². The minimum absolute atomic E-state index is 0.0360. The number of anilines is 1. The van der Waals surface area contributed by atoms with E-state index in [0.29, 0.717) is 0 Å². The first-order valence-electron chi connectivity index (χ1n) is 9.68. The maximum absolute atomic E-state index is 14.7. The van der Waals surface area contributed by atoms with E-state index in [1.807, 2.05) is 0 Å². The summed E-state index contributed by atoms with van der Waals surface area (Å²) in [6.07, 6.45) is -4.73. The molecule has 12 heteroatoms. The average molecular weight is 455 g/mol. The molecule has 172 valence electrons. The number of aromatic nitrogens is 2. The van der Waals surface area contributed by atoms with Crippen LogP contribution in [-0.2, 0) is 15.7 Å². The number of rotatable bonds is 7. The summed E-state index contributed by atoms with van der Waals surface area (Å²) >= 11 is 0. The van der Waals surface area contributed by atoms with E-state index in [9.17, 15) is 27.2 Å². The molecular weight excluding hydrogens is 434 g/mol. The van der Waals surface area contributed by atoms with Gasteiger partial charge in [0, 0.05) is 30.8 Å². The fourth-order valence-corrected chi connectivity index (χ4v) is 3.25. The normalized spacial score (nSPS) is 17.2. The minimum Gasteiger partial charge on any atom is -0.442 e. The standard InChI is InChI=1S/C20H21F4N5O3/c1-11(29-6-5-18(27-29)20(22,23)24)7-17(25)15-4-3-13(8-16(15)21)28-10-14(32-19(28)31)9-26-12(2)30/h3-6,8,11,14,25H,7,9-10H2,1-2H3,(H,26,30)/t11?,14-/m0/s1. The van der Waals surface area contributed by atoms with Gasteiger partial charge in [-0.15, -0.1) is 0 Å². The fraction of sp³-hybridized carbons (Fsp3) is 0.400. The molecule has 32 heavy (non-hydrogen) atoms. The zero-order chi connectivity index (χ0) is 23.6. The van der Waals surface area contributed by atoms with Gasteiger partial charge in [-0.25, -0.2) is 9.18 Å². The molecule has 1 saturated heterocycles. The summed E-state index contributed by atoms with van der Waals surface area (Å²) in [5, 5.41) is 14.2. The van der Waals surface area contributed by atoms with E-state index < -0.39 is 35.9 Å². The highest BCUT2D eigenvalue weighted by atomic mass is 19.4. The predicted molar refractivity (Wildman–Crippen MR) is 106 cm³/mol. The third-order valence-electron chi connectivity index (χ3n) is 4.89. The van der Waals surface area contributed by atoms with Gasteiger partial charge in [0.25, 0.3) is 0 Å². The van der Waals surface area contributed by atoms with Crippen molar-refractivity contribution in [1.29, 1.82) is 5.41 Å². The van der Waals surface area contributed by atoms with Gasteiger partial charge in [-0.2, -0.15) is 18.3 Å². The molecule has 1 aliphatic heterocycles. The summed E-state index contributed by atoms with van der Waals surface area (Å²) in [6.45, 7) is 3.15. The van der Waals surface area contributed by atoms with Crippen LogP contribution in [0.5, 0.6) is 0 Å². The van der Waals surface area contributed by atoms with Crippen LogP contribution in [0.2, 0.25) is 0 Å². The van der Waals surface area contributed by atoms with Gasteiger partial charge >= 0.3 is 12.3 Å². The molecule has 1 aromatic carbocycles. The molecule has 2 atom stereocenters. The lowest BCUT2D eigenvalue weighted by atomic mass is 10.0. The first kappa shape index (κ1) is 23.2. The zero-order valence-corrected chi connectivity index (χ0v) is 17.2. The Morgan fingerprint density at radius 2 is 2.09 bits per heavy atom. The van der Waals surface area contributed by atoms with E-state index >= 15 is 0 Å². The molecule has 1 unspecified atom stereocenters. The smallest absolute Gasteiger partial charge is 0.435 e. The van der Waals surface area contributed by atoms with E-state index in [1.165, 1.54) is 24.0 Å². The average Bonchev–Trinajstić information content (AvgIpc) is 3.33. The molecule has 1 aliphatic rings. The summed E-state index contributed by atoms with van der Waals surface area (Å²) in [6, 6.07) is 4.10. The van der Waals surface area contributed by atoms with Crippen molar-refractivity contribution in [3.8, 4) is 0 Å². The fourth-order valence-electron chi connectivity index (χ4n) is 3.25. The number of alkyl halides is 3. The summed E-state index contributed by atoms with van der Waals surface area (Å²) in [4.78, 5) is 24.3. The van der Waals surface area contributed by atoms with Crippen LogP contribution in [0, 0.1) is 11.2 Å². The van der Waals surface area contributed by atoms with Crippen LogP contribution in [0.3, 0.4) is 0 Å². The molecule has 0 aliphatic carbocycles. The molecule has 0 bridgehead atoms. The number of carbonyl (C=O) groups excluding carboxylic acids is 2. The molecule has 8 nitrogen and oxygen atoms in total. The second-order valence-electron chi connectivity index (χ2n) is 7.43. The Labute approximate surface area is 180 Å². The second kappa shape index (κ2) is 8.97. The molecule has 2 aromatic rings. The van der Waals surface area contributed by atoms with Crippen LogP contribution >= 0.6 is 0 Å². The number of hydrogen-bond acceptors (Lipinski definition) is 5. The molecule has 1 aromatic heterocycles. The molecule has 2 amide bonds. The third kappa shape index (κ3) is 5.24. The van der Waals surface area contributed by atoms with Crippen LogP contribution in [0.25, 0.3) is 0 Å². The van der Waals surface area contributed by atoms with Crippen molar-refractivity contribution in [3.05, 3.63) is 47.5 Å². The highest BCUT2D eigenvalue weighted by Gasteiger charge is 2.34. The summed E-state index contributed by atoms with van der Waals surface area (Å²) in [5.41, 5.74) is -0.977. The Morgan fingerprint density at radius 1 is 1.38 bits per heavy atom. The molecule has 3 rings (SSSR count). The number of carbonyl (C=O) groups is 2. The van der Waals surface area contributed by atoms with Crippen LogP contribution in [0.1, 0.15) is 37.6 Å². The minimum atomic E-state index is -4.57. The van der Waals surface area contributed by atoms with Gasteiger partial charge in [0.1, 0.15) is 11.9 Å². The maximum Gasteiger partial charge on any atom is 0.435 e. The number of nitrogens with zero attached hydrogens (tertiary/aromatic N) is 3. The summed E-state index contributed by atoms with van der Waals surface area (Å²) < 4.78 is 59.1. The second-order valence-corrected chi connectivity index (χ2v) is 7.43. The topological polar surface area (TPSA) is 100 Å². The van der Waals surface area contributed by atoms with Gasteiger partial charge in [-0.05, 0) is 31.2 Å². The number of amides is 2. The van der Waals surface area contributed by atoms with Crippen molar-refractivity contribution in [2.24, 2.45) is 0 Å². The Kier molecular flexibility index (Phi) is 6.51. The van der Waals surface area contributed by atoms with Crippen molar-refractivity contribution in [2.75, 3.05) is 18.0 Å². The Hall–Kier alpha value is -3.44. The van der Waals surface area contributed by atoms with Crippen LogP contribution in [0.4, 0.5) is 28.0 Å². The molecule has 0 radical (unpaired) electrons. The lowest BCUT2D eigenvalue weighted by molar-refractivity contribution is -0.141. The molecular formula is C20H21F4N5O3. The number of halogens is 4. The van der Waals surface area contributed by atoms with E-state index in [0.717, 1.165) is 23.0 Å². The van der Waals surface area contributed by atoms with Crippen LogP contribution < -0.4 is 10.2 Å². The SMILES string of the molecule is CC(=O)NC[C@H]1CN(c2ccc(C(=N)CC(C)n3ccc(C(F)(F)F)n3)c(F)c2)C(=O)O1. The first-order valence-corrected chi connectivity index (χ1v) is 9.68. The van der Waals surface area contributed by atoms with E-state index in [2.05, 4.69) is 10.4 Å². The maximum atomic E-state index is 14.7. The highest BCUT2D eigenvalue weighted by molar-refractivity contribution is 5.99. The molecule has 1 fully saturated rings. The molecule has 2 N–H and O–H groups in total. The van der Waals surface area contributed by atoms with Gasteiger partial charge in [-0.1, -0.05) is 0 Å². The quantitative estimate of drug-likeness (QED) is 0.493. The van der Waals surface area contributed by atoms with Crippen LogP contribution in [0.15, 0.2) is 30.5 Å². The van der Waals surface area contributed by atoms with Crippen molar-refractivity contribution in [2.45, 2.75) is 38.6 Å². The summed E-state index contributed by atoms with van der Waals surface area (Å²) in [5.74, 6) is -1.03. The zero-order valence-electron chi connectivity index (χ0n) is 17.2. The van der Waals surface area contributed by atoms with E-state index in [4.69, 9.17) is 10.1 Å². The van der Waals surface area contributed by atoms with Gasteiger partial charge in [0.05, 0.1) is 24.8 Å². The third-order valence-corrected chi connectivity index (χ3v) is 4.89. The van der Waals surface area contributed by atoms with Crippen LogP contribution in [-0.4, -0.2) is 46.7 Å². The number of nitrogens with one attached hydrogen (secondary N) is 2. The number of ether oxygens (including phenoxy) is 1. The molecule has 0 saturated carbocycles. The molecule has 2 heterocycles. The molecule has 0 spiro atoms. The predicted octanol–water partition coefficient (Wildman–Crippen LogP) is 3.52. The van der Waals surface area contributed by atoms with Gasteiger partial charge in [-0.3, -0.25) is 14.4 Å². The Morgan fingerprint density at radius 3 is 2.69 bits per heavy atom. The monoisotopic (exact) mass is 455 g/mol. The summed E-state index contributed by atoms with van der Waals surface area (Å²) in [7, 11) is 0. The Bertz CT molecular complexity index is 1040.